The molecule has 2 N–H and O–H groups in total. The normalized spacial score (nSPS) is 12.1. The van der Waals surface area contributed by atoms with Crippen molar-refractivity contribution in [3.05, 3.63) is 70.4 Å². The van der Waals surface area contributed by atoms with Gasteiger partial charge in [-0.2, -0.15) is 18.3 Å². The largest absolute Gasteiger partial charge is 0.477 e. The van der Waals surface area contributed by atoms with Crippen molar-refractivity contribution in [1.29, 1.82) is 0 Å². The molecule has 6 nitrogen and oxygen atoms in total. The Morgan fingerprint density at radius 3 is 2.45 bits per heavy atom. The molecule has 0 atom stereocenters. The van der Waals surface area contributed by atoms with E-state index in [1.807, 2.05) is 0 Å². The molecule has 0 aliphatic heterocycles. The van der Waals surface area contributed by atoms with E-state index < -0.39 is 23.7 Å². The van der Waals surface area contributed by atoms with Crippen LogP contribution in [0, 0.1) is 0 Å². The molecule has 0 aliphatic carbocycles. The van der Waals surface area contributed by atoms with Crippen LogP contribution in [0.4, 0.5) is 13.2 Å². The molecule has 2 aromatic heterocycles. The molecule has 0 fully saturated rings. The van der Waals surface area contributed by atoms with E-state index in [1.54, 1.807) is 42.5 Å². The summed E-state index contributed by atoms with van der Waals surface area (Å²) < 4.78 is 39.6. The topological polar surface area (TPSA) is 84.2 Å². The highest BCUT2D eigenvalue weighted by Crippen LogP contribution is 2.34. The van der Waals surface area contributed by atoms with Crippen molar-refractivity contribution in [2.45, 2.75) is 6.18 Å². The summed E-state index contributed by atoms with van der Waals surface area (Å²) in [6.45, 7) is 0. The molecule has 29 heavy (non-hydrogen) atoms. The van der Waals surface area contributed by atoms with Crippen LogP contribution in [0.15, 0.2) is 54.2 Å². The van der Waals surface area contributed by atoms with Gasteiger partial charge in [-0.05, 0) is 36.4 Å². The number of halogens is 3. The van der Waals surface area contributed by atoms with Crippen LogP contribution < -0.4 is 5.32 Å². The van der Waals surface area contributed by atoms with Gasteiger partial charge in [-0.25, -0.2) is 4.79 Å². The van der Waals surface area contributed by atoms with Gasteiger partial charge in [0.1, 0.15) is 5.70 Å². The van der Waals surface area contributed by atoms with E-state index in [4.69, 9.17) is 0 Å². The summed E-state index contributed by atoms with van der Waals surface area (Å²) in [5.41, 5.74) is -0.830. The van der Waals surface area contributed by atoms with E-state index in [9.17, 15) is 27.9 Å². The molecule has 0 bridgehead atoms. The maximum absolute atomic E-state index is 12.8. The summed E-state index contributed by atoms with van der Waals surface area (Å²) in [5.74, 6) is -1.93. The molecule has 3 rings (SSSR count). The number of carboxylic acids is 1. The number of aryl methyl sites for hydroxylation is 1. The van der Waals surface area contributed by atoms with Gasteiger partial charge in [-0.15, -0.1) is 11.3 Å². The summed E-state index contributed by atoms with van der Waals surface area (Å²) in [7, 11) is 1.39. The van der Waals surface area contributed by atoms with Crippen LogP contribution in [0.3, 0.4) is 0 Å². The predicted octanol–water partition coefficient (Wildman–Crippen LogP) is 4.02. The number of hydrogen-bond donors (Lipinski definition) is 2. The van der Waals surface area contributed by atoms with Crippen molar-refractivity contribution in [1.82, 2.24) is 15.1 Å². The number of amides is 1. The molecular formula is C19H14F3N3O3S. The third-order valence-electron chi connectivity index (χ3n) is 3.85. The number of aromatic nitrogens is 2. The Bertz CT molecular complexity index is 1090. The molecule has 0 radical (unpaired) electrons. The molecule has 0 saturated heterocycles. The first-order chi connectivity index (χ1) is 13.6. The van der Waals surface area contributed by atoms with E-state index in [1.165, 1.54) is 13.1 Å². The number of alkyl halides is 3. The quantitative estimate of drug-likeness (QED) is 0.610. The van der Waals surface area contributed by atoms with E-state index in [0.717, 1.165) is 22.1 Å². The van der Waals surface area contributed by atoms with E-state index in [-0.39, 0.29) is 11.4 Å². The van der Waals surface area contributed by atoms with Crippen molar-refractivity contribution in [3.63, 3.8) is 0 Å². The number of thiophene rings is 1. The summed E-state index contributed by atoms with van der Waals surface area (Å²) in [5, 5.41) is 15.2. The predicted molar refractivity (Wildman–Crippen MR) is 101 cm³/mol. The number of hydrogen-bond acceptors (Lipinski definition) is 4. The van der Waals surface area contributed by atoms with Crippen LogP contribution in [0.5, 0.6) is 0 Å². The Morgan fingerprint density at radius 2 is 1.86 bits per heavy atom. The van der Waals surface area contributed by atoms with Crippen molar-refractivity contribution < 1.29 is 27.9 Å². The van der Waals surface area contributed by atoms with Gasteiger partial charge in [-0.1, -0.05) is 18.2 Å². The fraction of sp³-hybridized carbons (Fsp3) is 0.105. The van der Waals surface area contributed by atoms with Crippen LogP contribution in [-0.4, -0.2) is 26.8 Å². The maximum Gasteiger partial charge on any atom is 0.435 e. The number of nitrogens with one attached hydrogen (secondary N) is 1. The number of carbonyl (C=O) groups excluding carboxylic acids is 1. The summed E-state index contributed by atoms with van der Waals surface area (Å²) >= 11 is 1.07. The molecule has 150 valence electrons. The zero-order chi connectivity index (χ0) is 21.2. The van der Waals surface area contributed by atoms with Crippen molar-refractivity contribution >= 4 is 29.3 Å². The third kappa shape index (κ3) is 4.72. The minimum absolute atomic E-state index is 0.243. The van der Waals surface area contributed by atoms with Crippen molar-refractivity contribution in [2.24, 2.45) is 7.05 Å². The van der Waals surface area contributed by atoms with Gasteiger partial charge in [0.05, 0.1) is 10.6 Å². The first-order valence-corrected chi connectivity index (χ1v) is 8.99. The van der Waals surface area contributed by atoms with Crippen molar-refractivity contribution in [3.8, 4) is 10.6 Å². The molecule has 10 heteroatoms. The average Bonchev–Trinajstić information content (AvgIpc) is 3.27. The highest BCUT2D eigenvalue weighted by Gasteiger charge is 2.34. The number of nitrogens with zero attached hydrogens (tertiary/aromatic N) is 2. The van der Waals surface area contributed by atoms with Gasteiger partial charge in [0.2, 0.25) is 0 Å². The van der Waals surface area contributed by atoms with Gasteiger partial charge in [0.25, 0.3) is 5.91 Å². The van der Waals surface area contributed by atoms with Gasteiger partial charge in [-0.3, -0.25) is 9.48 Å². The smallest absolute Gasteiger partial charge is 0.435 e. The van der Waals surface area contributed by atoms with Crippen LogP contribution in [0.2, 0.25) is 0 Å². The standard InChI is InChI=1S/C19H14F3N3O3S/c1-25-14(10-16(24-25)19(20,21)22)15-8-7-12(29-15)9-13(18(27)28)23-17(26)11-5-3-2-4-6-11/h2-10H,1H3,(H,23,26)(H,27,28)/b13-9-. The van der Waals surface area contributed by atoms with Gasteiger partial charge >= 0.3 is 12.1 Å². The Hall–Kier alpha value is -3.40. The first kappa shape index (κ1) is 20.3. The van der Waals surface area contributed by atoms with Gasteiger partial charge < -0.3 is 10.4 Å². The lowest BCUT2D eigenvalue weighted by molar-refractivity contribution is -0.141. The van der Waals surface area contributed by atoms with E-state index in [0.29, 0.717) is 15.3 Å². The number of benzene rings is 1. The molecule has 2 heterocycles. The highest BCUT2D eigenvalue weighted by atomic mass is 32.1. The summed E-state index contributed by atoms with van der Waals surface area (Å²) in [6, 6.07) is 12.1. The number of aliphatic carboxylic acids is 1. The molecule has 0 spiro atoms. The van der Waals surface area contributed by atoms with Crippen LogP contribution in [-0.2, 0) is 18.0 Å². The maximum atomic E-state index is 12.8. The monoisotopic (exact) mass is 421 g/mol. The lowest BCUT2D eigenvalue weighted by atomic mass is 10.2. The van der Waals surface area contributed by atoms with Crippen LogP contribution in [0.25, 0.3) is 16.6 Å². The zero-order valence-corrected chi connectivity index (χ0v) is 15.7. The minimum Gasteiger partial charge on any atom is -0.477 e. The van der Waals surface area contributed by atoms with Crippen LogP contribution >= 0.6 is 11.3 Å². The minimum atomic E-state index is -4.56. The van der Waals surface area contributed by atoms with Crippen molar-refractivity contribution in [2.75, 3.05) is 0 Å². The Kier molecular flexibility index (Phi) is 5.55. The molecule has 3 aromatic rings. The molecule has 1 amide bonds. The van der Waals surface area contributed by atoms with Gasteiger partial charge in [0, 0.05) is 17.5 Å². The number of rotatable bonds is 5. The average molecular weight is 421 g/mol. The third-order valence-corrected chi connectivity index (χ3v) is 4.91. The second kappa shape index (κ2) is 7.92. The SMILES string of the molecule is Cn1nc(C(F)(F)F)cc1-c1ccc(/C=C(\NC(=O)c2ccccc2)C(=O)O)s1. The lowest BCUT2D eigenvalue weighted by Gasteiger charge is -2.05. The summed E-state index contributed by atoms with van der Waals surface area (Å²) in [4.78, 5) is 24.6. The highest BCUT2D eigenvalue weighted by molar-refractivity contribution is 7.16. The fourth-order valence-corrected chi connectivity index (χ4v) is 3.48. The zero-order valence-electron chi connectivity index (χ0n) is 14.9. The number of carboxylic acid groups (broad SMARTS) is 1. The van der Waals surface area contributed by atoms with Crippen LogP contribution in [0.1, 0.15) is 20.9 Å². The summed E-state index contributed by atoms with van der Waals surface area (Å²) in [6.07, 6.45) is -3.31. The first-order valence-electron chi connectivity index (χ1n) is 8.18. The van der Waals surface area contributed by atoms with E-state index >= 15 is 0 Å². The van der Waals surface area contributed by atoms with Gasteiger partial charge in [0.15, 0.2) is 5.69 Å². The fourth-order valence-electron chi connectivity index (χ4n) is 2.48. The van der Waals surface area contributed by atoms with E-state index in [2.05, 4.69) is 10.4 Å². The second-order valence-corrected chi connectivity index (χ2v) is 7.04. The molecular weight excluding hydrogens is 407 g/mol. The molecule has 0 aliphatic rings. The molecule has 0 unspecified atom stereocenters. The molecule has 1 aromatic carbocycles. The number of carbonyl (C=O) groups is 2. The Morgan fingerprint density at radius 1 is 1.17 bits per heavy atom. The Balaban J connectivity index is 1.86. The molecule has 0 saturated carbocycles. The second-order valence-electron chi connectivity index (χ2n) is 5.92. The lowest BCUT2D eigenvalue weighted by Crippen LogP contribution is -2.27. The Labute approximate surface area is 166 Å².